The van der Waals surface area contributed by atoms with Gasteiger partial charge in [-0.15, -0.1) is 0 Å². The average Bonchev–Trinajstić information content (AvgIpc) is 3.17. The zero-order valence-electron chi connectivity index (χ0n) is 11.6. The van der Waals surface area contributed by atoms with Crippen molar-refractivity contribution in [1.29, 1.82) is 0 Å². The standard InChI is InChI=1S/C13H17ClF3N3O/c1-2-9(21)18-6-3-7-20-11(8-4-5-8)10(14)12(19-20)13(15,16)17/h8H,2-7H2,1H3,(H,18,21). The second-order valence-corrected chi connectivity index (χ2v) is 5.48. The molecule has 0 spiro atoms. The fourth-order valence-corrected chi connectivity index (χ4v) is 2.53. The molecule has 0 aromatic carbocycles. The molecule has 1 fully saturated rings. The second-order valence-electron chi connectivity index (χ2n) is 5.10. The predicted octanol–water partition coefficient (Wildman–Crippen LogP) is 3.35. The molecule has 1 amide bonds. The van der Waals surface area contributed by atoms with Gasteiger partial charge in [-0.3, -0.25) is 9.48 Å². The fraction of sp³-hybridized carbons (Fsp3) is 0.692. The Morgan fingerprint density at radius 1 is 1.48 bits per heavy atom. The number of alkyl halides is 3. The molecule has 0 unspecified atom stereocenters. The molecule has 2 rings (SSSR count). The number of rotatable bonds is 6. The molecule has 0 saturated heterocycles. The highest BCUT2D eigenvalue weighted by atomic mass is 35.5. The summed E-state index contributed by atoms with van der Waals surface area (Å²) < 4.78 is 39.9. The Labute approximate surface area is 125 Å². The van der Waals surface area contributed by atoms with E-state index in [0.29, 0.717) is 31.6 Å². The number of aryl methyl sites for hydroxylation is 1. The third kappa shape index (κ3) is 3.90. The fourth-order valence-electron chi connectivity index (χ4n) is 2.13. The van der Waals surface area contributed by atoms with Crippen molar-refractivity contribution in [3.63, 3.8) is 0 Å². The van der Waals surface area contributed by atoms with Crippen molar-refractivity contribution in [3.05, 3.63) is 16.4 Å². The molecule has 1 heterocycles. The highest BCUT2D eigenvalue weighted by Gasteiger charge is 2.41. The topological polar surface area (TPSA) is 46.9 Å². The van der Waals surface area contributed by atoms with Crippen molar-refractivity contribution in [3.8, 4) is 0 Å². The third-order valence-corrected chi connectivity index (χ3v) is 3.73. The molecule has 1 N–H and O–H groups in total. The first-order valence-corrected chi connectivity index (χ1v) is 7.32. The van der Waals surface area contributed by atoms with Crippen molar-refractivity contribution >= 4 is 17.5 Å². The summed E-state index contributed by atoms with van der Waals surface area (Å²) >= 11 is 5.86. The van der Waals surface area contributed by atoms with Crippen LogP contribution in [0.2, 0.25) is 5.02 Å². The molecular weight excluding hydrogens is 307 g/mol. The molecule has 1 aliphatic carbocycles. The zero-order valence-corrected chi connectivity index (χ0v) is 12.4. The maximum absolute atomic E-state index is 12.8. The molecule has 0 atom stereocenters. The lowest BCUT2D eigenvalue weighted by Crippen LogP contribution is -2.24. The first-order chi connectivity index (χ1) is 9.84. The summed E-state index contributed by atoms with van der Waals surface area (Å²) in [6, 6.07) is 0. The number of nitrogens with zero attached hydrogens (tertiary/aromatic N) is 2. The summed E-state index contributed by atoms with van der Waals surface area (Å²) in [5.41, 5.74) is -0.533. The Bertz CT molecular complexity index is 523. The van der Waals surface area contributed by atoms with Crippen LogP contribution in [0.25, 0.3) is 0 Å². The third-order valence-electron chi connectivity index (χ3n) is 3.35. The normalized spacial score (nSPS) is 15.3. The SMILES string of the molecule is CCC(=O)NCCCn1nc(C(F)(F)F)c(Cl)c1C1CC1. The van der Waals surface area contributed by atoms with E-state index in [1.807, 2.05) is 0 Å². The summed E-state index contributed by atoms with van der Waals surface area (Å²) in [6.07, 6.45) is -1.95. The Kier molecular flexibility index (Phi) is 4.81. The number of nitrogens with one attached hydrogen (secondary N) is 1. The van der Waals surface area contributed by atoms with Crippen LogP contribution in [0.1, 0.15) is 49.9 Å². The Morgan fingerprint density at radius 3 is 2.67 bits per heavy atom. The van der Waals surface area contributed by atoms with Crippen LogP contribution < -0.4 is 5.32 Å². The number of carbonyl (C=O) groups is 1. The maximum atomic E-state index is 12.8. The van der Waals surface area contributed by atoms with Gasteiger partial charge in [-0.2, -0.15) is 18.3 Å². The van der Waals surface area contributed by atoms with Gasteiger partial charge in [0.15, 0.2) is 5.69 Å². The van der Waals surface area contributed by atoms with Crippen LogP contribution in [-0.4, -0.2) is 22.2 Å². The van der Waals surface area contributed by atoms with E-state index in [1.165, 1.54) is 4.68 Å². The molecule has 8 heteroatoms. The van der Waals surface area contributed by atoms with Gasteiger partial charge in [-0.05, 0) is 19.3 Å². The molecule has 0 radical (unpaired) electrons. The Balaban J connectivity index is 2.06. The van der Waals surface area contributed by atoms with Gasteiger partial charge in [-0.1, -0.05) is 18.5 Å². The van der Waals surface area contributed by atoms with Gasteiger partial charge >= 0.3 is 6.18 Å². The summed E-state index contributed by atoms with van der Waals surface area (Å²) in [5.74, 6) is -0.00164. The van der Waals surface area contributed by atoms with Crippen molar-refractivity contribution in [2.45, 2.75) is 51.2 Å². The van der Waals surface area contributed by atoms with Gasteiger partial charge in [-0.25, -0.2) is 0 Å². The predicted molar refractivity (Wildman–Crippen MR) is 72.1 cm³/mol. The van der Waals surface area contributed by atoms with E-state index in [0.717, 1.165) is 12.8 Å². The molecule has 1 aromatic rings. The van der Waals surface area contributed by atoms with Crippen molar-refractivity contribution in [1.82, 2.24) is 15.1 Å². The molecule has 4 nitrogen and oxygen atoms in total. The largest absolute Gasteiger partial charge is 0.436 e. The minimum absolute atomic E-state index is 0.0753. The first kappa shape index (κ1) is 16.1. The lowest BCUT2D eigenvalue weighted by molar-refractivity contribution is -0.141. The van der Waals surface area contributed by atoms with E-state index in [-0.39, 0.29) is 16.8 Å². The lowest BCUT2D eigenvalue weighted by Gasteiger charge is -2.07. The van der Waals surface area contributed by atoms with Crippen LogP contribution >= 0.6 is 11.6 Å². The molecule has 118 valence electrons. The van der Waals surface area contributed by atoms with E-state index >= 15 is 0 Å². The lowest BCUT2D eigenvalue weighted by atomic mass is 10.2. The number of halogens is 4. The molecule has 0 bridgehead atoms. The van der Waals surface area contributed by atoms with Gasteiger partial charge in [0.05, 0.1) is 10.7 Å². The van der Waals surface area contributed by atoms with Crippen molar-refractivity contribution < 1.29 is 18.0 Å². The van der Waals surface area contributed by atoms with E-state index in [2.05, 4.69) is 10.4 Å². The highest BCUT2D eigenvalue weighted by Crippen LogP contribution is 2.46. The number of carbonyl (C=O) groups excluding carboxylic acids is 1. The van der Waals surface area contributed by atoms with E-state index in [4.69, 9.17) is 11.6 Å². The van der Waals surface area contributed by atoms with Crippen LogP contribution in [0, 0.1) is 0 Å². The van der Waals surface area contributed by atoms with Crippen LogP contribution in [0.4, 0.5) is 13.2 Å². The number of aromatic nitrogens is 2. The van der Waals surface area contributed by atoms with E-state index < -0.39 is 11.9 Å². The van der Waals surface area contributed by atoms with Crippen molar-refractivity contribution in [2.75, 3.05) is 6.54 Å². The number of hydrogen-bond donors (Lipinski definition) is 1. The molecule has 21 heavy (non-hydrogen) atoms. The van der Waals surface area contributed by atoms with Gasteiger partial charge < -0.3 is 5.32 Å². The van der Waals surface area contributed by atoms with E-state index in [9.17, 15) is 18.0 Å². The Morgan fingerprint density at radius 2 is 2.14 bits per heavy atom. The van der Waals surface area contributed by atoms with Gasteiger partial charge in [0.2, 0.25) is 5.91 Å². The maximum Gasteiger partial charge on any atom is 0.436 e. The molecule has 1 aliphatic rings. The minimum Gasteiger partial charge on any atom is -0.356 e. The summed E-state index contributed by atoms with van der Waals surface area (Å²) in [4.78, 5) is 11.1. The smallest absolute Gasteiger partial charge is 0.356 e. The summed E-state index contributed by atoms with van der Waals surface area (Å²) in [6.45, 7) is 2.46. The molecular formula is C13H17ClF3N3O. The molecule has 1 aromatic heterocycles. The minimum atomic E-state index is -4.54. The average molecular weight is 324 g/mol. The summed E-state index contributed by atoms with van der Waals surface area (Å²) in [5, 5.41) is 6.03. The Hall–Kier alpha value is -1.24. The van der Waals surface area contributed by atoms with Crippen LogP contribution in [0.15, 0.2) is 0 Å². The molecule has 1 saturated carbocycles. The highest BCUT2D eigenvalue weighted by molar-refractivity contribution is 6.32. The second kappa shape index (κ2) is 6.25. The first-order valence-electron chi connectivity index (χ1n) is 6.94. The summed E-state index contributed by atoms with van der Waals surface area (Å²) in [7, 11) is 0. The van der Waals surface area contributed by atoms with Gasteiger partial charge in [0.25, 0.3) is 0 Å². The van der Waals surface area contributed by atoms with Gasteiger partial charge in [0, 0.05) is 25.4 Å². The van der Waals surface area contributed by atoms with Gasteiger partial charge in [0.1, 0.15) is 0 Å². The quantitative estimate of drug-likeness (QED) is 0.816. The van der Waals surface area contributed by atoms with Crippen molar-refractivity contribution in [2.24, 2.45) is 0 Å². The number of hydrogen-bond acceptors (Lipinski definition) is 2. The van der Waals surface area contributed by atoms with Crippen LogP contribution in [0.5, 0.6) is 0 Å². The number of amides is 1. The van der Waals surface area contributed by atoms with Crippen LogP contribution in [0.3, 0.4) is 0 Å². The monoisotopic (exact) mass is 323 g/mol. The van der Waals surface area contributed by atoms with Crippen LogP contribution in [-0.2, 0) is 17.5 Å². The van der Waals surface area contributed by atoms with E-state index in [1.54, 1.807) is 6.92 Å². The molecule has 0 aliphatic heterocycles. The zero-order chi connectivity index (χ0) is 15.6.